The van der Waals surface area contributed by atoms with Crippen LogP contribution in [0.1, 0.15) is 11.1 Å². The van der Waals surface area contributed by atoms with E-state index in [0.717, 1.165) is 21.3 Å². The van der Waals surface area contributed by atoms with Gasteiger partial charge in [-0.05, 0) is 48.0 Å². The summed E-state index contributed by atoms with van der Waals surface area (Å²) in [5, 5.41) is 9.42. The van der Waals surface area contributed by atoms with Crippen molar-refractivity contribution in [3.63, 3.8) is 0 Å². The van der Waals surface area contributed by atoms with Gasteiger partial charge >= 0.3 is 0 Å². The number of ether oxygens (including phenoxy) is 2. The molecule has 3 aromatic rings. The Morgan fingerprint density at radius 3 is 2.25 bits per heavy atom. The highest BCUT2D eigenvalue weighted by atomic mass is 79.9. The Morgan fingerprint density at radius 2 is 1.54 bits per heavy atom. The van der Waals surface area contributed by atoms with Crippen molar-refractivity contribution in [3.8, 4) is 17.2 Å². The highest BCUT2D eigenvalue weighted by Crippen LogP contribution is 2.29. The van der Waals surface area contributed by atoms with Gasteiger partial charge in [0.05, 0.1) is 6.61 Å². The second-order valence-corrected chi connectivity index (χ2v) is 6.17. The molecule has 0 aliphatic carbocycles. The molecule has 0 heterocycles. The van der Waals surface area contributed by atoms with Gasteiger partial charge in [0.1, 0.15) is 23.9 Å². The Bertz CT molecular complexity index is 786. The second-order valence-electron chi connectivity index (χ2n) is 5.26. The third kappa shape index (κ3) is 4.37. The van der Waals surface area contributed by atoms with E-state index < -0.39 is 0 Å². The summed E-state index contributed by atoms with van der Waals surface area (Å²) >= 11 is 3.39. The Morgan fingerprint density at radius 1 is 0.833 bits per heavy atom. The minimum atomic E-state index is -0.0763. The van der Waals surface area contributed by atoms with Gasteiger partial charge in [0, 0.05) is 10.0 Å². The van der Waals surface area contributed by atoms with E-state index in [1.807, 2.05) is 72.8 Å². The van der Waals surface area contributed by atoms with Crippen molar-refractivity contribution in [2.45, 2.75) is 13.2 Å². The molecule has 3 aromatic carbocycles. The van der Waals surface area contributed by atoms with E-state index in [9.17, 15) is 5.11 Å². The average Bonchev–Trinajstić information content (AvgIpc) is 2.63. The summed E-state index contributed by atoms with van der Waals surface area (Å²) in [6.07, 6.45) is 0. The standard InChI is InChI=1S/C20H17BrO3/c21-17-6-11-20(16(12-17)13-22)24-19-9-7-18(8-10-19)23-14-15-4-2-1-3-5-15/h1-12,22H,13-14H2. The van der Waals surface area contributed by atoms with Crippen LogP contribution in [0.4, 0.5) is 0 Å². The number of halogens is 1. The molecule has 0 saturated heterocycles. The molecule has 0 fully saturated rings. The zero-order valence-electron chi connectivity index (χ0n) is 13.0. The van der Waals surface area contributed by atoms with Gasteiger partial charge in [-0.3, -0.25) is 0 Å². The van der Waals surface area contributed by atoms with Crippen LogP contribution in [0.2, 0.25) is 0 Å². The zero-order chi connectivity index (χ0) is 16.8. The highest BCUT2D eigenvalue weighted by Gasteiger charge is 2.05. The fourth-order valence-electron chi connectivity index (χ4n) is 2.24. The van der Waals surface area contributed by atoms with Crippen LogP contribution in [0.15, 0.2) is 77.3 Å². The first-order valence-electron chi connectivity index (χ1n) is 7.58. The number of rotatable bonds is 6. The van der Waals surface area contributed by atoms with E-state index in [1.165, 1.54) is 0 Å². The molecule has 1 N–H and O–H groups in total. The molecule has 0 saturated carbocycles. The van der Waals surface area contributed by atoms with Gasteiger partial charge in [-0.25, -0.2) is 0 Å². The molecular weight excluding hydrogens is 368 g/mol. The van der Waals surface area contributed by atoms with Gasteiger partial charge in [-0.1, -0.05) is 46.3 Å². The van der Waals surface area contributed by atoms with Gasteiger partial charge in [0.25, 0.3) is 0 Å². The summed E-state index contributed by atoms with van der Waals surface area (Å²) in [6.45, 7) is 0.454. The summed E-state index contributed by atoms with van der Waals surface area (Å²) in [7, 11) is 0. The van der Waals surface area contributed by atoms with Crippen molar-refractivity contribution in [2.75, 3.05) is 0 Å². The molecule has 4 heteroatoms. The summed E-state index contributed by atoms with van der Waals surface area (Å²) < 4.78 is 12.5. The number of aliphatic hydroxyl groups is 1. The van der Waals surface area contributed by atoms with Crippen molar-refractivity contribution < 1.29 is 14.6 Å². The minimum absolute atomic E-state index is 0.0763. The maximum absolute atomic E-state index is 9.42. The van der Waals surface area contributed by atoms with E-state index >= 15 is 0 Å². The average molecular weight is 385 g/mol. The number of hydrogen-bond acceptors (Lipinski definition) is 3. The van der Waals surface area contributed by atoms with Crippen molar-refractivity contribution in [1.82, 2.24) is 0 Å². The Labute approximate surface area is 149 Å². The van der Waals surface area contributed by atoms with Crippen LogP contribution in [0.25, 0.3) is 0 Å². The molecule has 0 radical (unpaired) electrons. The molecule has 0 aliphatic heterocycles. The molecule has 0 unspecified atom stereocenters. The third-order valence-electron chi connectivity index (χ3n) is 3.49. The molecule has 0 atom stereocenters. The Kier molecular flexibility index (Phi) is 5.51. The normalized spacial score (nSPS) is 10.4. The maximum atomic E-state index is 9.42. The molecule has 0 aromatic heterocycles. The van der Waals surface area contributed by atoms with Crippen molar-refractivity contribution >= 4 is 15.9 Å². The Hall–Kier alpha value is -2.30. The molecule has 0 spiro atoms. The molecule has 24 heavy (non-hydrogen) atoms. The largest absolute Gasteiger partial charge is 0.489 e. The molecular formula is C20H17BrO3. The van der Waals surface area contributed by atoms with Crippen LogP contribution in [0, 0.1) is 0 Å². The lowest BCUT2D eigenvalue weighted by Gasteiger charge is -2.11. The molecule has 3 nitrogen and oxygen atoms in total. The summed E-state index contributed by atoms with van der Waals surface area (Å²) in [6, 6.07) is 23.0. The fourth-order valence-corrected chi connectivity index (χ4v) is 2.65. The van der Waals surface area contributed by atoms with Crippen molar-refractivity contribution in [2.24, 2.45) is 0 Å². The lowest BCUT2D eigenvalue weighted by Crippen LogP contribution is -1.95. The van der Waals surface area contributed by atoms with Gasteiger partial charge in [0.15, 0.2) is 0 Å². The van der Waals surface area contributed by atoms with Gasteiger partial charge < -0.3 is 14.6 Å². The van der Waals surface area contributed by atoms with Crippen LogP contribution in [0.5, 0.6) is 17.2 Å². The first kappa shape index (κ1) is 16.6. The monoisotopic (exact) mass is 384 g/mol. The smallest absolute Gasteiger partial charge is 0.133 e. The summed E-state index contributed by atoms with van der Waals surface area (Å²) in [5.74, 6) is 2.11. The predicted molar refractivity (Wildman–Crippen MR) is 97.4 cm³/mol. The number of aliphatic hydroxyl groups excluding tert-OH is 1. The van der Waals surface area contributed by atoms with Crippen molar-refractivity contribution in [1.29, 1.82) is 0 Å². The second kappa shape index (κ2) is 7.99. The molecule has 122 valence electrons. The van der Waals surface area contributed by atoms with E-state index in [0.29, 0.717) is 18.1 Å². The molecule has 0 bridgehead atoms. The molecule has 0 aliphatic rings. The lowest BCUT2D eigenvalue weighted by molar-refractivity contribution is 0.276. The zero-order valence-corrected chi connectivity index (χ0v) is 14.6. The fraction of sp³-hybridized carbons (Fsp3) is 0.100. The van der Waals surface area contributed by atoms with Gasteiger partial charge in [-0.2, -0.15) is 0 Å². The number of hydrogen-bond donors (Lipinski definition) is 1. The topological polar surface area (TPSA) is 38.7 Å². The maximum Gasteiger partial charge on any atom is 0.133 e. The van der Waals surface area contributed by atoms with Crippen LogP contribution >= 0.6 is 15.9 Å². The van der Waals surface area contributed by atoms with Crippen molar-refractivity contribution in [3.05, 3.63) is 88.4 Å². The summed E-state index contributed by atoms with van der Waals surface area (Å²) in [5.41, 5.74) is 1.86. The van der Waals surface area contributed by atoms with E-state index in [2.05, 4.69) is 15.9 Å². The van der Waals surface area contributed by atoms with E-state index in [4.69, 9.17) is 9.47 Å². The van der Waals surface area contributed by atoms with Crippen LogP contribution < -0.4 is 9.47 Å². The minimum Gasteiger partial charge on any atom is -0.489 e. The van der Waals surface area contributed by atoms with Crippen LogP contribution in [-0.2, 0) is 13.2 Å². The van der Waals surface area contributed by atoms with Gasteiger partial charge in [0.2, 0.25) is 0 Å². The summed E-state index contributed by atoms with van der Waals surface area (Å²) in [4.78, 5) is 0. The molecule has 3 rings (SSSR count). The Balaban J connectivity index is 1.64. The first-order chi connectivity index (χ1) is 11.7. The quantitative estimate of drug-likeness (QED) is 0.625. The lowest BCUT2D eigenvalue weighted by atomic mass is 10.2. The van der Waals surface area contributed by atoms with E-state index in [-0.39, 0.29) is 6.61 Å². The molecule has 0 amide bonds. The predicted octanol–water partition coefficient (Wildman–Crippen LogP) is 5.31. The van der Waals surface area contributed by atoms with E-state index in [1.54, 1.807) is 0 Å². The van der Waals surface area contributed by atoms with Crippen LogP contribution in [-0.4, -0.2) is 5.11 Å². The third-order valence-corrected chi connectivity index (χ3v) is 3.99. The highest BCUT2D eigenvalue weighted by molar-refractivity contribution is 9.10. The van der Waals surface area contributed by atoms with Gasteiger partial charge in [-0.15, -0.1) is 0 Å². The SMILES string of the molecule is OCc1cc(Br)ccc1Oc1ccc(OCc2ccccc2)cc1. The number of benzene rings is 3. The van der Waals surface area contributed by atoms with Crippen LogP contribution in [0.3, 0.4) is 0 Å². The first-order valence-corrected chi connectivity index (χ1v) is 8.38.